The number of benzene rings is 1. The first-order chi connectivity index (χ1) is 10.1. The van der Waals surface area contributed by atoms with Gasteiger partial charge in [0.15, 0.2) is 0 Å². The smallest absolute Gasteiger partial charge is 0.313 e. The van der Waals surface area contributed by atoms with Crippen molar-refractivity contribution >= 4 is 0 Å². The van der Waals surface area contributed by atoms with Crippen molar-refractivity contribution in [3.8, 4) is 0 Å². The molecule has 5 heteroatoms. The lowest BCUT2D eigenvalue weighted by atomic mass is 10.1. The van der Waals surface area contributed by atoms with E-state index in [2.05, 4.69) is 10.2 Å². The van der Waals surface area contributed by atoms with E-state index in [0.29, 0.717) is 6.54 Å². The van der Waals surface area contributed by atoms with E-state index in [9.17, 15) is 13.2 Å². The zero-order valence-electron chi connectivity index (χ0n) is 12.3. The highest BCUT2D eigenvalue weighted by Gasteiger charge is 2.29. The molecule has 1 saturated heterocycles. The molecule has 1 fully saturated rings. The summed E-state index contributed by atoms with van der Waals surface area (Å²) >= 11 is 0. The summed E-state index contributed by atoms with van der Waals surface area (Å²) in [6, 6.07) is 5.37. The highest BCUT2D eigenvalue weighted by atomic mass is 19.4. The molecule has 0 aliphatic carbocycles. The van der Waals surface area contributed by atoms with E-state index in [1.807, 2.05) is 0 Å². The fourth-order valence-corrected chi connectivity index (χ4v) is 2.65. The number of nitrogens with one attached hydrogen (secondary N) is 1. The van der Waals surface area contributed by atoms with Crippen molar-refractivity contribution in [1.82, 2.24) is 10.2 Å². The van der Waals surface area contributed by atoms with Crippen molar-refractivity contribution in [1.29, 1.82) is 0 Å². The normalized spacial score (nSPS) is 17.1. The van der Waals surface area contributed by atoms with Gasteiger partial charge in [-0.15, -0.1) is 0 Å². The zero-order chi connectivity index (χ0) is 15.1. The standard InChI is InChI=1S/C16H23F3N2/c17-16(18,19)15-7-5-14(6-8-15)13-20-9-4-12-21-10-2-1-3-11-21/h5-8,20H,1-4,9-13H2. The van der Waals surface area contributed by atoms with Gasteiger partial charge in [-0.25, -0.2) is 0 Å². The van der Waals surface area contributed by atoms with Crippen LogP contribution in [-0.4, -0.2) is 31.1 Å². The van der Waals surface area contributed by atoms with Crippen LogP contribution in [0.15, 0.2) is 24.3 Å². The number of nitrogens with zero attached hydrogens (tertiary/aromatic N) is 1. The van der Waals surface area contributed by atoms with Gasteiger partial charge in [-0.05, 0) is 63.1 Å². The molecule has 1 aliphatic rings. The van der Waals surface area contributed by atoms with Crippen LogP contribution in [0.25, 0.3) is 0 Å². The molecule has 1 aromatic carbocycles. The number of rotatable bonds is 6. The Morgan fingerprint density at radius 2 is 1.67 bits per heavy atom. The van der Waals surface area contributed by atoms with Crippen LogP contribution < -0.4 is 5.32 Å². The maximum atomic E-state index is 12.4. The van der Waals surface area contributed by atoms with Crippen LogP contribution in [-0.2, 0) is 12.7 Å². The average molecular weight is 300 g/mol. The molecule has 0 saturated carbocycles. The third kappa shape index (κ3) is 5.67. The molecule has 21 heavy (non-hydrogen) atoms. The van der Waals surface area contributed by atoms with E-state index in [1.54, 1.807) is 12.1 Å². The Balaban J connectivity index is 1.62. The van der Waals surface area contributed by atoms with Gasteiger partial charge in [0.25, 0.3) is 0 Å². The molecule has 1 N–H and O–H groups in total. The number of likely N-dealkylation sites (tertiary alicyclic amines) is 1. The molecule has 1 aromatic rings. The molecule has 0 unspecified atom stereocenters. The topological polar surface area (TPSA) is 15.3 Å². The van der Waals surface area contributed by atoms with Gasteiger partial charge in [-0.1, -0.05) is 18.6 Å². The van der Waals surface area contributed by atoms with E-state index in [0.717, 1.165) is 37.2 Å². The Hall–Kier alpha value is -1.07. The highest BCUT2D eigenvalue weighted by Crippen LogP contribution is 2.28. The van der Waals surface area contributed by atoms with Gasteiger partial charge in [0, 0.05) is 6.54 Å². The SMILES string of the molecule is FC(F)(F)c1ccc(CNCCCN2CCCCC2)cc1. The van der Waals surface area contributed by atoms with Gasteiger partial charge in [0.1, 0.15) is 0 Å². The first-order valence-electron chi connectivity index (χ1n) is 7.65. The van der Waals surface area contributed by atoms with E-state index in [1.165, 1.54) is 32.4 Å². The van der Waals surface area contributed by atoms with Crippen LogP contribution in [0, 0.1) is 0 Å². The maximum absolute atomic E-state index is 12.4. The molecule has 0 atom stereocenters. The lowest BCUT2D eigenvalue weighted by molar-refractivity contribution is -0.137. The molecule has 2 nitrogen and oxygen atoms in total. The third-order valence-corrected chi connectivity index (χ3v) is 3.89. The van der Waals surface area contributed by atoms with Crippen molar-refractivity contribution in [2.45, 2.75) is 38.4 Å². The van der Waals surface area contributed by atoms with E-state index < -0.39 is 11.7 Å². The fraction of sp³-hybridized carbons (Fsp3) is 0.625. The molecular weight excluding hydrogens is 277 g/mol. The molecular formula is C16H23F3N2. The predicted octanol–water partition coefficient (Wildman–Crippen LogP) is 3.67. The van der Waals surface area contributed by atoms with Gasteiger partial charge >= 0.3 is 6.18 Å². The minimum atomic E-state index is -4.25. The first-order valence-corrected chi connectivity index (χ1v) is 7.65. The van der Waals surface area contributed by atoms with Crippen LogP contribution in [0.1, 0.15) is 36.8 Å². The van der Waals surface area contributed by atoms with Crippen molar-refractivity contribution < 1.29 is 13.2 Å². The van der Waals surface area contributed by atoms with E-state index in [4.69, 9.17) is 0 Å². The summed E-state index contributed by atoms with van der Waals surface area (Å²) in [6.45, 7) is 5.05. The second-order valence-electron chi connectivity index (χ2n) is 5.63. The van der Waals surface area contributed by atoms with Crippen LogP contribution in [0.5, 0.6) is 0 Å². The summed E-state index contributed by atoms with van der Waals surface area (Å²) < 4.78 is 37.3. The number of alkyl halides is 3. The molecule has 1 heterocycles. The second kappa shape index (κ2) is 7.80. The minimum absolute atomic E-state index is 0.587. The van der Waals surface area contributed by atoms with Gasteiger partial charge in [0.2, 0.25) is 0 Å². The second-order valence-corrected chi connectivity index (χ2v) is 5.63. The summed E-state index contributed by atoms with van der Waals surface area (Å²) in [4.78, 5) is 2.49. The number of piperidine rings is 1. The zero-order valence-corrected chi connectivity index (χ0v) is 12.3. The molecule has 0 bridgehead atoms. The summed E-state index contributed by atoms with van der Waals surface area (Å²) in [5.41, 5.74) is 0.303. The molecule has 0 amide bonds. The quantitative estimate of drug-likeness (QED) is 0.806. The first kappa shape index (κ1) is 16.3. The van der Waals surface area contributed by atoms with Crippen molar-refractivity contribution in [2.24, 2.45) is 0 Å². The summed E-state index contributed by atoms with van der Waals surface area (Å²) in [5, 5.41) is 3.29. The van der Waals surface area contributed by atoms with Gasteiger partial charge in [0.05, 0.1) is 5.56 Å². The molecule has 118 valence electrons. The third-order valence-electron chi connectivity index (χ3n) is 3.89. The Labute approximate surface area is 124 Å². The average Bonchev–Trinajstić information content (AvgIpc) is 2.47. The van der Waals surface area contributed by atoms with Crippen molar-refractivity contribution in [3.63, 3.8) is 0 Å². The van der Waals surface area contributed by atoms with Crippen molar-refractivity contribution in [2.75, 3.05) is 26.2 Å². The van der Waals surface area contributed by atoms with E-state index in [-0.39, 0.29) is 0 Å². The highest BCUT2D eigenvalue weighted by molar-refractivity contribution is 5.24. The lowest BCUT2D eigenvalue weighted by Crippen LogP contribution is -2.32. The summed E-state index contributed by atoms with van der Waals surface area (Å²) in [7, 11) is 0. The van der Waals surface area contributed by atoms with Crippen LogP contribution in [0.2, 0.25) is 0 Å². The van der Waals surface area contributed by atoms with Gasteiger partial charge in [-0.2, -0.15) is 13.2 Å². The summed E-state index contributed by atoms with van der Waals surface area (Å²) in [5.74, 6) is 0. The van der Waals surface area contributed by atoms with Gasteiger partial charge in [-0.3, -0.25) is 0 Å². The van der Waals surface area contributed by atoms with Crippen molar-refractivity contribution in [3.05, 3.63) is 35.4 Å². The molecule has 0 aromatic heterocycles. The number of halogens is 3. The maximum Gasteiger partial charge on any atom is 0.416 e. The fourth-order valence-electron chi connectivity index (χ4n) is 2.65. The van der Waals surface area contributed by atoms with E-state index >= 15 is 0 Å². The predicted molar refractivity (Wildman–Crippen MR) is 78.1 cm³/mol. The Bertz CT molecular complexity index is 409. The van der Waals surface area contributed by atoms with Crippen LogP contribution in [0.4, 0.5) is 13.2 Å². The largest absolute Gasteiger partial charge is 0.416 e. The number of hydrogen-bond acceptors (Lipinski definition) is 2. The molecule has 0 radical (unpaired) electrons. The molecule has 2 rings (SSSR count). The Kier molecular flexibility index (Phi) is 6.06. The Morgan fingerprint density at radius 1 is 1.00 bits per heavy atom. The lowest BCUT2D eigenvalue weighted by Gasteiger charge is -2.26. The van der Waals surface area contributed by atoms with Crippen LogP contribution >= 0.6 is 0 Å². The summed E-state index contributed by atoms with van der Waals surface area (Å²) in [6.07, 6.45) is 0.793. The molecule has 1 aliphatic heterocycles. The monoisotopic (exact) mass is 300 g/mol. The Morgan fingerprint density at radius 3 is 2.29 bits per heavy atom. The molecule has 0 spiro atoms. The minimum Gasteiger partial charge on any atom is -0.313 e. The van der Waals surface area contributed by atoms with Crippen LogP contribution in [0.3, 0.4) is 0 Å². The van der Waals surface area contributed by atoms with Gasteiger partial charge < -0.3 is 10.2 Å². The number of hydrogen-bond donors (Lipinski definition) is 1.